The van der Waals surface area contributed by atoms with Crippen molar-refractivity contribution in [2.45, 2.75) is 179 Å². The molecule has 33 nitrogen and oxygen atoms in total. The number of nitrogens with two attached hydrogens (primary N) is 2. The average molecular weight is 1490 g/mol. The molecule has 12 amide bonds. The van der Waals surface area contributed by atoms with Gasteiger partial charge in [0.25, 0.3) is 5.91 Å². The predicted molar refractivity (Wildman–Crippen MR) is 395 cm³/mol. The first kappa shape index (κ1) is 85.0. The number of hydrogen-bond donors (Lipinski definition) is 14. The van der Waals surface area contributed by atoms with Crippen molar-refractivity contribution >= 4 is 118 Å². The van der Waals surface area contributed by atoms with Crippen molar-refractivity contribution in [2.75, 3.05) is 69.7 Å². The minimum absolute atomic E-state index is 0.00659. The summed E-state index contributed by atoms with van der Waals surface area (Å²) in [4.78, 5) is 215. The predicted octanol–water partition coefficient (Wildman–Crippen LogP) is -0.853. The molecule has 3 heterocycles. The van der Waals surface area contributed by atoms with Gasteiger partial charge in [-0.3, -0.25) is 72.2 Å². The molecule has 16 N–H and O–H groups in total. The number of H-pyrrole nitrogens is 2. The number of thioether (sulfide) groups is 1. The van der Waals surface area contributed by atoms with Gasteiger partial charge in [0.2, 0.25) is 65.0 Å². The van der Waals surface area contributed by atoms with E-state index in [0.29, 0.717) is 47.5 Å². The Labute approximate surface area is 620 Å². The normalized spacial score (nSPS) is 17.1. The van der Waals surface area contributed by atoms with Crippen LogP contribution in [-0.2, 0) is 80.0 Å². The van der Waals surface area contributed by atoms with Gasteiger partial charge in [0.15, 0.2) is 0 Å². The Balaban J connectivity index is 1.08. The SMILES string of the molecule is CCN(CC=O)C1(CCC(=O)NCC(=O)Nc2ccc(C(=O)N[C@@H](CCC(N)=O)C(=O)N[C@@H](Cc3c[nH]c4ccccc34)C(=O)N[C@@H](C)C(=O)N[C@H](C(=O)NCC(=O)N[C@@H](Cc3cnc[nH]3)C(=O)N[C@@H](CC(C)C)C(=O)N[C@@H](CCSC)C(N)=O)C(C)C)cc2)CN(CC=O)[C@@H]2CCCC[C@H]2N(CC=O)C1. The summed E-state index contributed by atoms with van der Waals surface area (Å²) in [6.45, 7) is 10.6. The maximum Gasteiger partial charge on any atom is 0.251 e. The van der Waals surface area contributed by atoms with Crippen molar-refractivity contribution in [2.24, 2.45) is 23.3 Å². The van der Waals surface area contributed by atoms with Crippen LogP contribution >= 0.6 is 11.8 Å². The average Bonchev–Trinajstić information content (AvgIpc) is 1.62. The number of fused-ring (bicyclic) bond motifs is 2. The lowest BCUT2D eigenvalue weighted by atomic mass is 9.88. The number of aromatic nitrogens is 3. The maximum absolute atomic E-state index is 14.5. The summed E-state index contributed by atoms with van der Waals surface area (Å²) in [6.07, 6.45) is 12.0. The Hall–Kier alpha value is -9.93. The number of hydrogen-bond acceptors (Lipinski definition) is 20. The van der Waals surface area contributed by atoms with Crippen molar-refractivity contribution in [3.63, 3.8) is 0 Å². The van der Waals surface area contributed by atoms with Gasteiger partial charge >= 0.3 is 0 Å². The van der Waals surface area contributed by atoms with Crippen molar-refractivity contribution in [1.29, 1.82) is 0 Å². The molecule has 0 bridgehead atoms. The van der Waals surface area contributed by atoms with Crippen LogP contribution in [-0.4, -0.2) is 244 Å². The number of anilines is 1. The third-order valence-corrected chi connectivity index (χ3v) is 19.6. The highest BCUT2D eigenvalue weighted by Gasteiger charge is 2.48. The molecule has 34 heteroatoms. The minimum Gasteiger partial charge on any atom is -0.370 e. The lowest BCUT2D eigenvalue weighted by Gasteiger charge is -2.46. The number of nitrogens with one attached hydrogen (secondary N) is 12. The van der Waals surface area contributed by atoms with E-state index in [1.807, 2.05) is 31.9 Å². The van der Waals surface area contributed by atoms with E-state index in [0.717, 1.165) is 44.5 Å². The Morgan fingerprint density at radius 3 is 1.86 bits per heavy atom. The minimum atomic E-state index is -1.48. The number of nitrogens with zero attached hydrogens (tertiary/aromatic N) is 4. The first-order valence-corrected chi connectivity index (χ1v) is 37.2. The molecular weight excluding hydrogens is 1390 g/mol. The van der Waals surface area contributed by atoms with E-state index in [1.165, 1.54) is 55.5 Å². The number of aromatic amines is 2. The van der Waals surface area contributed by atoms with Gasteiger partial charge in [-0.05, 0) is 112 Å². The molecule has 9 atom stereocenters. The largest absolute Gasteiger partial charge is 0.370 e. The molecule has 1 aliphatic heterocycles. The summed E-state index contributed by atoms with van der Waals surface area (Å²) < 4.78 is 0. The van der Waals surface area contributed by atoms with Crippen LogP contribution in [0.5, 0.6) is 0 Å². The molecule has 1 saturated carbocycles. The van der Waals surface area contributed by atoms with Gasteiger partial charge < -0.3 is 89.0 Å². The monoisotopic (exact) mass is 1490 g/mol. The first-order chi connectivity index (χ1) is 50.6. The number of carbonyl (C=O) groups excluding carboxylic acids is 15. The maximum atomic E-state index is 14.5. The summed E-state index contributed by atoms with van der Waals surface area (Å²) in [7, 11) is 0. The standard InChI is InChI=1S/C72H104N18O15S/c1-8-90(28-31-93)72(40-88(26-29-91)57-15-11-12-16-58(57)89(41-72)27-30-92)25-23-60(95)77-38-61(96)81-48-19-17-46(18-20-48)66(100)84-53(21-22-59(73)94)67(101)86-55(34-47-36-76-51-14-10-9-13-50(47)51)68(102)80-45(6)65(99)87-63(44(4)5)71(105)78-39-62(97)82-56(35-49-37-75-42-79-49)70(104)85-54(33-43(2)3)69(103)83-52(64(74)98)24-32-106-7/h9-10,13-14,17-20,29-31,36-37,42-45,52-58,63,76H,8,11-12,15-16,21-28,32-35,38-41H2,1-7H3,(H2,73,94)(H2,74,98)(H,75,79)(H,77,95)(H,78,105)(H,80,102)(H,81,96)(H,82,97)(H,83,103)(H,84,100)(H,85,104)(H,86,101)(H,87,99)/t45-,52-,53-,54-,55-,56-,57+,58+,63-/m0/s1. The van der Waals surface area contributed by atoms with Crippen LogP contribution in [0.4, 0.5) is 5.69 Å². The van der Waals surface area contributed by atoms with Crippen LogP contribution < -0.4 is 64.6 Å². The molecule has 0 radical (unpaired) electrons. The summed E-state index contributed by atoms with van der Waals surface area (Å²) in [5.41, 5.74) is 12.3. The quantitative estimate of drug-likeness (QED) is 0.0240. The number of primary amides is 2. The number of carbonyl (C=O) groups is 15. The van der Waals surface area contributed by atoms with Gasteiger partial charge in [0.05, 0.1) is 39.1 Å². The van der Waals surface area contributed by atoms with E-state index < -0.39 is 138 Å². The molecular formula is C72H104N18O15S. The second-order valence-electron chi connectivity index (χ2n) is 27.6. The highest BCUT2D eigenvalue weighted by atomic mass is 32.2. The third kappa shape index (κ3) is 25.7. The van der Waals surface area contributed by atoms with Gasteiger partial charge in [-0.2, -0.15) is 11.8 Å². The lowest BCUT2D eigenvalue weighted by molar-refractivity contribution is -0.135. The molecule has 0 unspecified atom stereocenters. The molecule has 578 valence electrons. The molecule has 2 aromatic carbocycles. The number of benzene rings is 2. The zero-order valence-electron chi connectivity index (χ0n) is 61.3. The Morgan fingerprint density at radius 1 is 0.651 bits per heavy atom. The number of para-hydroxylation sites is 1. The van der Waals surface area contributed by atoms with E-state index in [9.17, 15) is 71.9 Å². The first-order valence-electron chi connectivity index (χ1n) is 35.8. The van der Waals surface area contributed by atoms with Gasteiger partial charge in [0.1, 0.15) is 61.2 Å². The summed E-state index contributed by atoms with van der Waals surface area (Å²) in [5.74, 6) is -9.24. The molecule has 0 spiro atoms. The second-order valence-corrected chi connectivity index (χ2v) is 28.6. The van der Waals surface area contributed by atoms with Crippen molar-refractivity contribution in [3.8, 4) is 0 Å². The Morgan fingerprint density at radius 2 is 1.26 bits per heavy atom. The zero-order chi connectivity index (χ0) is 77.6. The summed E-state index contributed by atoms with van der Waals surface area (Å²) >= 11 is 1.46. The number of aldehydes is 3. The van der Waals surface area contributed by atoms with Crippen molar-refractivity contribution < 1.29 is 71.9 Å². The van der Waals surface area contributed by atoms with E-state index >= 15 is 0 Å². The zero-order valence-corrected chi connectivity index (χ0v) is 62.1. The summed E-state index contributed by atoms with van der Waals surface area (Å²) in [5, 5.41) is 27.0. The fourth-order valence-corrected chi connectivity index (χ4v) is 13.9. The highest BCUT2D eigenvalue weighted by Crippen LogP contribution is 2.36. The Kier molecular flexibility index (Phi) is 33.9. The van der Waals surface area contributed by atoms with Crippen LogP contribution in [0, 0.1) is 11.8 Å². The number of imidazole rings is 1. The molecule has 2 fully saturated rings. The number of likely N-dealkylation sites (N-methyl/N-ethyl adjacent to an activating group) is 1. The molecule has 106 heavy (non-hydrogen) atoms. The molecule has 2 aromatic heterocycles. The van der Waals surface area contributed by atoms with Gasteiger partial charge in [0, 0.05) is 96.6 Å². The fourth-order valence-electron chi connectivity index (χ4n) is 13.5. The van der Waals surface area contributed by atoms with E-state index in [-0.39, 0.29) is 100 Å². The van der Waals surface area contributed by atoms with Crippen molar-refractivity contribution in [3.05, 3.63) is 84.1 Å². The van der Waals surface area contributed by atoms with Crippen LogP contribution in [0.25, 0.3) is 10.9 Å². The highest BCUT2D eigenvalue weighted by molar-refractivity contribution is 7.98. The van der Waals surface area contributed by atoms with Crippen LogP contribution in [0.3, 0.4) is 0 Å². The van der Waals surface area contributed by atoms with Crippen molar-refractivity contribution in [1.82, 2.24) is 77.5 Å². The third-order valence-electron chi connectivity index (χ3n) is 19.0. The number of rotatable bonds is 44. The molecule has 4 aromatic rings. The number of amides is 12. The van der Waals surface area contributed by atoms with Crippen LogP contribution in [0.1, 0.15) is 127 Å². The van der Waals surface area contributed by atoms with Gasteiger partial charge in [-0.1, -0.05) is 65.7 Å². The van der Waals surface area contributed by atoms with E-state index in [2.05, 4.69) is 77.9 Å². The van der Waals surface area contributed by atoms with E-state index in [4.69, 9.17) is 11.5 Å². The summed E-state index contributed by atoms with van der Waals surface area (Å²) in [6, 6.07) is 3.68. The van der Waals surface area contributed by atoms with Gasteiger partial charge in [-0.15, -0.1) is 0 Å². The molecule has 1 aliphatic carbocycles. The Bertz CT molecular complexity index is 3660. The van der Waals surface area contributed by atoms with Gasteiger partial charge in [-0.25, -0.2) is 4.98 Å². The van der Waals surface area contributed by atoms with Crippen LogP contribution in [0.2, 0.25) is 0 Å². The topological polar surface area (TPSA) is 483 Å². The second kappa shape index (κ2) is 42.3. The van der Waals surface area contributed by atoms with Crippen LogP contribution in [0.15, 0.2) is 67.3 Å². The fraction of sp³-hybridized carbons (Fsp3) is 0.556. The molecule has 2 aliphatic rings. The lowest BCUT2D eigenvalue weighted by Crippen LogP contribution is -2.60. The van der Waals surface area contributed by atoms with E-state index in [1.54, 1.807) is 44.3 Å². The molecule has 6 rings (SSSR count). The smallest absolute Gasteiger partial charge is 0.251 e. The molecule has 1 saturated heterocycles.